The van der Waals surface area contributed by atoms with Gasteiger partial charge in [-0.15, -0.1) is 0 Å². The van der Waals surface area contributed by atoms with Crippen LogP contribution in [0.5, 0.6) is 0 Å². The SMILES string of the molecule is CCC1CC(CCN)(OC)CCO1. The Bertz CT molecular complexity index is 148. The first kappa shape index (κ1) is 11.0. The fourth-order valence-corrected chi connectivity index (χ4v) is 2.03. The lowest BCUT2D eigenvalue weighted by atomic mass is 9.86. The van der Waals surface area contributed by atoms with Gasteiger partial charge >= 0.3 is 0 Å². The highest BCUT2D eigenvalue weighted by molar-refractivity contribution is 4.87. The van der Waals surface area contributed by atoms with Crippen molar-refractivity contribution in [3.8, 4) is 0 Å². The van der Waals surface area contributed by atoms with Gasteiger partial charge in [0.15, 0.2) is 0 Å². The number of ether oxygens (including phenoxy) is 2. The van der Waals surface area contributed by atoms with Crippen molar-refractivity contribution in [2.24, 2.45) is 5.73 Å². The summed E-state index contributed by atoms with van der Waals surface area (Å²) < 4.78 is 11.2. The molecule has 0 radical (unpaired) electrons. The molecule has 13 heavy (non-hydrogen) atoms. The summed E-state index contributed by atoms with van der Waals surface area (Å²) in [5, 5.41) is 0. The third kappa shape index (κ3) is 2.66. The van der Waals surface area contributed by atoms with Gasteiger partial charge in [0.1, 0.15) is 0 Å². The molecule has 2 N–H and O–H groups in total. The van der Waals surface area contributed by atoms with Gasteiger partial charge in [-0.2, -0.15) is 0 Å². The molecule has 2 unspecified atom stereocenters. The summed E-state index contributed by atoms with van der Waals surface area (Å²) in [4.78, 5) is 0. The summed E-state index contributed by atoms with van der Waals surface area (Å²) in [5.74, 6) is 0. The number of methoxy groups -OCH3 is 1. The maximum atomic E-state index is 5.61. The van der Waals surface area contributed by atoms with E-state index in [0.717, 1.165) is 32.3 Å². The zero-order valence-corrected chi connectivity index (χ0v) is 8.71. The molecule has 2 atom stereocenters. The largest absolute Gasteiger partial charge is 0.378 e. The first-order chi connectivity index (χ1) is 6.26. The molecule has 1 aliphatic heterocycles. The number of rotatable bonds is 4. The number of hydrogen-bond acceptors (Lipinski definition) is 3. The quantitative estimate of drug-likeness (QED) is 0.721. The predicted octanol–water partition coefficient (Wildman–Crippen LogP) is 1.31. The Morgan fingerprint density at radius 2 is 2.38 bits per heavy atom. The minimum Gasteiger partial charge on any atom is -0.378 e. The molecule has 3 heteroatoms. The predicted molar refractivity (Wildman–Crippen MR) is 52.7 cm³/mol. The van der Waals surface area contributed by atoms with E-state index in [2.05, 4.69) is 6.92 Å². The highest BCUT2D eigenvalue weighted by Crippen LogP contribution is 2.31. The van der Waals surface area contributed by atoms with Gasteiger partial charge in [-0.05, 0) is 25.8 Å². The molecular formula is C10H21NO2. The molecule has 0 aromatic rings. The van der Waals surface area contributed by atoms with Gasteiger partial charge in [0.2, 0.25) is 0 Å². The van der Waals surface area contributed by atoms with Crippen LogP contribution in [0.25, 0.3) is 0 Å². The van der Waals surface area contributed by atoms with Crippen molar-refractivity contribution < 1.29 is 9.47 Å². The normalized spacial score (nSPS) is 34.8. The fourth-order valence-electron chi connectivity index (χ4n) is 2.03. The minimum absolute atomic E-state index is 0.00627. The Hall–Kier alpha value is -0.120. The molecule has 78 valence electrons. The van der Waals surface area contributed by atoms with Crippen LogP contribution in [0, 0.1) is 0 Å². The standard InChI is InChI=1S/C10H21NO2/c1-3-9-8-10(12-2,4-6-11)5-7-13-9/h9H,3-8,11H2,1-2H3. The molecule has 1 fully saturated rings. The molecule has 0 aromatic heterocycles. The maximum absolute atomic E-state index is 5.61. The van der Waals surface area contributed by atoms with Crippen molar-refractivity contribution in [2.45, 2.75) is 44.3 Å². The third-order valence-electron chi connectivity index (χ3n) is 3.00. The number of hydrogen-bond donors (Lipinski definition) is 1. The van der Waals surface area contributed by atoms with Gasteiger partial charge in [-0.25, -0.2) is 0 Å². The summed E-state index contributed by atoms with van der Waals surface area (Å²) in [7, 11) is 1.79. The highest BCUT2D eigenvalue weighted by Gasteiger charge is 2.35. The van der Waals surface area contributed by atoms with E-state index in [0.29, 0.717) is 12.6 Å². The summed E-state index contributed by atoms with van der Waals surface area (Å²) in [6, 6.07) is 0. The lowest BCUT2D eigenvalue weighted by Crippen LogP contribution is -2.43. The van der Waals surface area contributed by atoms with Crippen molar-refractivity contribution in [1.29, 1.82) is 0 Å². The van der Waals surface area contributed by atoms with Crippen molar-refractivity contribution >= 4 is 0 Å². The van der Waals surface area contributed by atoms with Crippen molar-refractivity contribution in [3.05, 3.63) is 0 Å². The van der Waals surface area contributed by atoms with Crippen LogP contribution in [-0.2, 0) is 9.47 Å². The van der Waals surface area contributed by atoms with Crippen LogP contribution in [0.4, 0.5) is 0 Å². The lowest BCUT2D eigenvalue weighted by Gasteiger charge is -2.39. The molecule has 0 bridgehead atoms. The van der Waals surface area contributed by atoms with Crippen LogP contribution in [0.1, 0.15) is 32.6 Å². The molecule has 3 nitrogen and oxygen atoms in total. The fraction of sp³-hybridized carbons (Fsp3) is 1.00. The van der Waals surface area contributed by atoms with Crippen LogP contribution in [-0.4, -0.2) is 32.0 Å². The molecule has 0 spiro atoms. The summed E-state index contributed by atoms with van der Waals surface area (Å²) >= 11 is 0. The van der Waals surface area contributed by atoms with Gasteiger partial charge < -0.3 is 15.2 Å². The Kier molecular flexibility index (Phi) is 4.16. The lowest BCUT2D eigenvalue weighted by molar-refractivity contribution is -0.125. The van der Waals surface area contributed by atoms with Crippen LogP contribution < -0.4 is 5.73 Å². The Balaban J connectivity index is 2.53. The van der Waals surface area contributed by atoms with Gasteiger partial charge in [-0.1, -0.05) is 6.92 Å². The number of nitrogens with two attached hydrogens (primary N) is 1. The van der Waals surface area contributed by atoms with E-state index >= 15 is 0 Å². The molecule has 0 amide bonds. The zero-order chi connectivity index (χ0) is 9.73. The van der Waals surface area contributed by atoms with Gasteiger partial charge in [0, 0.05) is 20.1 Å². The molecular weight excluding hydrogens is 166 g/mol. The topological polar surface area (TPSA) is 44.5 Å². The minimum atomic E-state index is -0.00627. The second-order valence-corrected chi connectivity index (χ2v) is 3.78. The average Bonchev–Trinajstić information content (AvgIpc) is 2.19. The van der Waals surface area contributed by atoms with E-state index in [9.17, 15) is 0 Å². The molecule has 1 saturated heterocycles. The summed E-state index contributed by atoms with van der Waals surface area (Å²) in [5.41, 5.74) is 5.58. The van der Waals surface area contributed by atoms with Crippen molar-refractivity contribution in [2.75, 3.05) is 20.3 Å². The van der Waals surface area contributed by atoms with Gasteiger partial charge in [0.05, 0.1) is 11.7 Å². The second-order valence-electron chi connectivity index (χ2n) is 3.78. The Labute approximate surface area is 80.6 Å². The summed E-state index contributed by atoms with van der Waals surface area (Å²) in [6.07, 6.45) is 4.35. The first-order valence-corrected chi connectivity index (χ1v) is 5.13. The van der Waals surface area contributed by atoms with E-state index in [1.54, 1.807) is 7.11 Å². The Morgan fingerprint density at radius 1 is 1.62 bits per heavy atom. The zero-order valence-electron chi connectivity index (χ0n) is 8.71. The van der Waals surface area contributed by atoms with E-state index in [-0.39, 0.29) is 5.60 Å². The van der Waals surface area contributed by atoms with Gasteiger partial charge in [0.25, 0.3) is 0 Å². The maximum Gasteiger partial charge on any atom is 0.0737 e. The van der Waals surface area contributed by atoms with Crippen molar-refractivity contribution in [3.63, 3.8) is 0 Å². The van der Waals surface area contributed by atoms with E-state index < -0.39 is 0 Å². The third-order valence-corrected chi connectivity index (χ3v) is 3.00. The van der Waals surface area contributed by atoms with E-state index in [1.807, 2.05) is 0 Å². The second kappa shape index (κ2) is 4.94. The average molecular weight is 187 g/mol. The highest BCUT2D eigenvalue weighted by atomic mass is 16.5. The van der Waals surface area contributed by atoms with Crippen LogP contribution >= 0.6 is 0 Å². The monoisotopic (exact) mass is 187 g/mol. The van der Waals surface area contributed by atoms with Crippen molar-refractivity contribution in [1.82, 2.24) is 0 Å². The molecule has 0 aliphatic carbocycles. The molecule has 0 aromatic carbocycles. The molecule has 0 saturated carbocycles. The van der Waals surface area contributed by atoms with Crippen LogP contribution in [0.15, 0.2) is 0 Å². The Morgan fingerprint density at radius 3 is 2.92 bits per heavy atom. The molecule has 1 aliphatic rings. The van der Waals surface area contributed by atoms with Crippen LogP contribution in [0.3, 0.4) is 0 Å². The summed E-state index contributed by atoms with van der Waals surface area (Å²) in [6.45, 7) is 3.66. The molecule has 1 heterocycles. The smallest absolute Gasteiger partial charge is 0.0737 e. The van der Waals surface area contributed by atoms with Gasteiger partial charge in [-0.3, -0.25) is 0 Å². The first-order valence-electron chi connectivity index (χ1n) is 5.13. The molecule has 1 rings (SSSR count). The van der Waals surface area contributed by atoms with E-state index in [1.165, 1.54) is 0 Å². The van der Waals surface area contributed by atoms with E-state index in [4.69, 9.17) is 15.2 Å². The van der Waals surface area contributed by atoms with Crippen LogP contribution in [0.2, 0.25) is 0 Å².